The molecule has 2 aliphatic rings. The van der Waals surface area contributed by atoms with Gasteiger partial charge in [-0.1, -0.05) is 18.2 Å². The van der Waals surface area contributed by atoms with Crippen LogP contribution < -0.4 is 10.6 Å². The monoisotopic (exact) mass is 414 g/mol. The van der Waals surface area contributed by atoms with Crippen molar-refractivity contribution in [3.8, 4) is 0 Å². The second-order valence-electron chi connectivity index (χ2n) is 8.63. The molecule has 0 bridgehead atoms. The van der Waals surface area contributed by atoms with Crippen LogP contribution in [0.15, 0.2) is 30.3 Å². The van der Waals surface area contributed by atoms with Crippen LogP contribution in [0.25, 0.3) is 0 Å². The Morgan fingerprint density at radius 1 is 0.867 bits per heavy atom. The maximum atomic E-state index is 13.3. The molecule has 164 valence electrons. The first-order chi connectivity index (χ1) is 14.5. The standard InChI is InChI=1S/C23H34N4O3/c1-17(2)24-23(30)27-15-11-18(12-16-27)20(22(29)26-13-7-4-8-14-26)25-21(28)19-9-5-3-6-10-19/h3,5-6,9-10,17-18,20H,4,7-8,11-16H2,1-2H3,(H,24,30)(H,25,28). The lowest BCUT2D eigenvalue weighted by molar-refractivity contribution is -0.136. The van der Waals surface area contributed by atoms with Crippen LogP contribution in [0.1, 0.15) is 56.3 Å². The van der Waals surface area contributed by atoms with Gasteiger partial charge in [0.1, 0.15) is 6.04 Å². The molecule has 2 fully saturated rings. The van der Waals surface area contributed by atoms with E-state index in [9.17, 15) is 14.4 Å². The van der Waals surface area contributed by atoms with Crippen LogP contribution in [0.2, 0.25) is 0 Å². The van der Waals surface area contributed by atoms with Crippen molar-refractivity contribution in [2.45, 2.75) is 58.0 Å². The molecule has 30 heavy (non-hydrogen) atoms. The molecule has 0 aromatic heterocycles. The predicted molar refractivity (Wildman–Crippen MR) is 116 cm³/mol. The Hall–Kier alpha value is -2.57. The summed E-state index contributed by atoms with van der Waals surface area (Å²) < 4.78 is 0. The van der Waals surface area contributed by atoms with Gasteiger partial charge < -0.3 is 20.4 Å². The second kappa shape index (κ2) is 10.5. The van der Waals surface area contributed by atoms with Crippen LogP contribution in [-0.2, 0) is 4.79 Å². The van der Waals surface area contributed by atoms with Crippen molar-refractivity contribution in [2.24, 2.45) is 5.92 Å². The SMILES string of the molecule is CC(C)NC(=O)N1CCC(C(NC(=O)c2ccccc2)C(=O)N2CCCCC2)CC1. The summed E-state index contributed by atoms with van der Waals surface area (Å²) in [4.78, 5) is 42.2. The van der Waals surface area contributed by atoms with Gasteiger partial charge in [-0.2, -0.15) is 0 Å². The van der Waals surface area contributed by atoms with Gasteiger partial charge in [0.05, 0.1) is 0 Å². The van der Waals surface area contributed by atoms with E-state index in [1.807, 2.05) is 36.9 Å². The van der Waals surface area contributed by atoms with E-state index < -0.39 is 6.04 Å². The molecule has 7 heteroatoms. The van der Waals surface area contributed by atoms with E-state index in [0.717, 1.165) is 32.4 Å². The van der Waals surface area contributed by atoms with Gasteiger partial charge in [-0.3, -0.25) is 9.59 Å². The number of carbonyl (C=O) groups is 3. The fourth-order valence-electron chi connectivity index (χ4n) is 4.28. The molecule has 3 rings (SSSR count). The first kappa shape index (κ1) is 22.1. The topological polar surface area (TPSA) is 81.8 Å². The van der Waals surface area contributed by atoms with Crippen molar-refractivity contribution in [1.29, 1.82) is 0 Å². The van der Waals surface area contributed by atoms with E-state index in [4.69, 9.17) is 0 Å². The smallest absolute Gasteiger partial charge is 0.317 e. The summed E-state index contributed by atoms with van der Waals surface area (Å²) in [6, 6.07) is 8.51. The highest BCUT2D eigenvalue weighted by atomic mass is 16.2. The van der Waals surface area contributed by atoms with Gasteiger partial charge in [-0.05, 0) is 64.0 Å². The average molecular weight is 415 g/mol. The number of nitrogens with zero attached hydrogens (tertiary/aromatic N) is 2. The molecule has 2 saturated heterocycles. The van der Waals surface area contributed by atoms with Crippen molar-refractivity contribution in [3.63, 3.8) is 0 Å². The van der Waals surface area contributed by atoms with Crippen LogP contribution in [0, 0.1) is 5.92 Å². The maximum Gasteiger partial charge on any atom is 0.317 e. The summed E-state index contributed by atoms with van der Waals surface area (Å²) >= 11 is 0. The Labute approximate surface area is 179 Å². The summed E-state index contributed by atoms with van der Waals surface area (Å²) in [5.41, 5.74) is 0.558. The molecule has 1 atom stereocenters. The fraction of sp³-hybridized carbons (Fsp3) is 0.609. The second-order valence-corrected chi connectivity index (χ2v) is 8.63. The number of nitrogens with one attached hydrogen (secondary N) is 2. The number of hydrogen-bond donors (Lipinski definition) is 2. The van der Waals surface area contributed by atoms with E-state index in [-0.39, 0.29) is 29.8 Å². The Kier molecular flexibility index (Phi) is 7.71. The van der Waals surface area contributed by atoms with Gasteiger partial charge in [0.25, 0.3) is 5.91 Å². The van der Waals surface area contributed by atoms with Crippen LogP contribution in [-0.4, -0.2) is 65.9 Å². The first-order valence-electron chi connectivity index (χ1n) is 11.2. The first-order valence-corrected chi connectivity index (χ1v) is 11.2. The van der Waals surface area contributed by atoms with Crippen molar-refractivity contribution in [3.05, 3.63) is 35.9 Å². The largest absolute Gasteiger partial charge is 0.341 e. The highest BCUT2D eigenvalue weighted by Crippen LogP contribution is 2.24. The van der Waals surface area contributed by atoms with E-state index in [1.165, 1.54) is 0 Å². The maximum absolute atomic E-state index is 13.3. The average Bonchev–Trinajstić information content (AvgIpc) is 2.77. The predicted octanol–water partition coefficient (Wildman–Crippen LogP) is 2.63. The lowest BCUT2D eigenvalue weighted by Gasteiger charge is -2.38. The minimum Gasteiger partial charge on any atom is -0.341 e. The molecule has 7 nitrogen and oxygen atoms in total. The molecule has 1 aromatic rings. The third-order valence-electron chi connectivity index (χ3n) is 5.97. The molecule has 0 radical (unpaired) electrons. The number of rotatable bonds is 5. The van der Waals surface area contributed by atoms with Crippen molar-refractivity contribution in [2.75, 3.05) is 26.2 Å². The molecule has 2 aliphatic heterocycles. The number of amides is 4. The molecule has 1 aromatic carbocycles. The third kappa shape index (κ3) is 5.74. The van der Waals surface area contributed by atoms with Gasteiger partial charge in [0.15, 0.2) is 0 Å². The number of carbonyl (C=O) groups excluding carboxylic acids is 3. The summed E-state index contributed by atoms with van der Waals surface area (Å²) in [6.07, 6.45) is 4.57. The zero-order valence-electron chi connectivity index (χ0n) is 18.1. The molecule has 0 spiro atoms. The van der Waals surface area contributed by atoms with Gasteiger partial charge >= 0.3 is 6.03 Å². The zero-order valence-corrected chi connectivity index (χ0v) is 18.1. The van der Waals surface area contributed by atoms with Crippen molar-refractivity contribution < 1.29 is 14.4 Å². The van der Waals surface area contributed by atoms with Crippen LogP contribution in [0.4, 0.5) is 4.79 Å². The molecule has 2 heterocycles. The van der Waals surface area contributed by atoms with Crippen LogP contribution in [0.5, 0.6) is 0 Å². The molecule has 0 aliphatic carbocycles. The van der Waals surface area contributed by atoms with Gasteiger partial charge in [-0.25, -0.2) is 4.79 Å². The Balaban J connectivity index is 1.69. The lowest BCUT2D eigenvalue weighted by Crippen LogP contribution is -2.56. The number of hydrogen-bond acceptors (Lipinski definition) is 3. The normalized spacial score (nSPS) is 18.8. The molecule has 2 N–H and O–H groups in total. The summed E-state index contributed by atoms with van der Waals surface area (Å²) in [5, 5.41) is 5.95. The highest BCUT2D eigenvalue weighted by Gasteiger charge is 2.36. The third-order valence-corrected chi connectivity index (χ3v) is 5.97. The minimum absolute atomic E-state index is 0.0177. The highest BCUT2D eigenvalue weighted by molar-refractivity contribution is 5.97. The fourth-order valence-corrected chi connectivity index (χ4v) is 4.28. The van der Waals surface area contributed by atoms with E-state index in [2.05, 4.69) is 10.6 Å². The minimum atomic E-state index is -0.550. The lowest BCUT2D eigenvalue weighted by atomic mass is 9.88. The number of urea groups is 1. The number of benzene rings is 1. The summed E-state index contributed by atoms with van der Waals surface area (Å²) in [5.74, 6) is -0.176. The Morgan fingerprint density at radius 2 is 1.50 bits per heavy atom. The molecule has 0 saturated carbocycles. The van der Waals surface area contributed by atoms with E-state index >= 15 is 0 Å². The Bertz CT molecular complexity index is 723. The molecule has 1 unspecified atom stereocenters. The van der Waals surface area contributed by atoms with Crippen molar-refractivity contribution in [1.82, 2.24) is 20.4 Å². The van der Waals surface area contributed by atoms with Gasteiger partial charge in [0.2, 0.25) is 5.91 Å². The number of likely N-dealkylation sites (tertiary alicyclic amines) is 2. The summed E-state index contributed by atoms with van der Waals surface area (Å²) in [6.45, 7) is 6.58. The molecular weight excluding hydrogens is 380 g/mol. The van der Waals surface area contributed by atoms with Crippen LogP contribution >= 0.6 is 0 Å². The van der Waals surface area contributed by atoms with Crippen molar-refractivity contribution >= 4 is 17.8 Å². The Morgan fingerprint density at radius 3 is 2.10 bits per heavy atom. The van der Waals surface area contributed by atoms with Gasteiger partial charge in [0, 0.05) is 37.8 Å². The molecule has 4 amide bonds. The van der Waals surface area contributed by atoms with E-state index in [0.29, 0.717) is 31.5 Å². The van der Waals surface area contributed by atoms with Gasteiger partial charge in [-0.15, -0.1) is 0 Å². The summed E-state index contributed by atoms with van der Waals surface area (Å²) in [7, 11) is 0. The quantitative estimate of drug-likeness (QED) is 0.777. The zero-order chi connectivity index (χ0) is 21.5. The molecular formula is C23H34N4O3. The van der Waals surface area contributed by atoms with Crippen LogP contribution in [0.3, 0.4) is 0 Å². The van der Waals surface area contributed by atoms with E-state index in [1.54, 1.807) is 17.0 Å². The number of piperidine rings is 2.